The molecule has 0 bridgehead atoms. The minimum Gasteiger partial charge on any atom is -0.282 e. The van der Waals surface area contributed by atoms with Crippen molar-refractivity contribution in [3.8, 4) is 11.1 Å². The molecule has 1 aliphatic rings. The highest BCUT2D eigenvalue weighted by molar-refractivity contribution is 7.92. The minimum atomic E-state index is -4.98. The molecular weight excluding hydrogens is 449 g/mol. The predicted molar refractivity (Wildman–Crippen MR) is 96.8 cm³/mol. The maximum atomic E-state index is 14.5. The number of hydrogen-bond acceptors (Lipinski definition) is 3. The summed E-state index contributed by atoms with van der Waals surface area (Å²) in [6.07, 6.45) is -3.49. The summed E-state index contributed by atoms with van der Waals surface area (Å²) in [5.74, 6) is -3.11. The third kappa shape index (κ3) is 4.15. The molecule has 0 aliphatic carbocycles. The number of aromatic nitrogens is 2. The summed E-state index contributed by atoms with van der Waals surface area (Å²) in [6, 6.07) is 1.57. The quantitative estimate of drug-likeness (QED) is 0.702. The second kappa shape index (κ2) is 7.27. The monoisotopic (exact) mass is 461 g/mol. The van der Waals surface area contributed by atoms with Crippen LogP contribution in [0.4, 0.5) is 23.2 Å². The van der Waals surface area contributed by atoms with Crippen molar-refractivity contribution in [3.63, 3.8) is 0 Å². The molecule has 0 saturated heterocycles. The molecule has 0 saturated carbocycles. The maximum absolute atomic E-state index is 14.5. The number of fused-ring (bicyclic) bond motifs is 1. The van der Waals surface area contributed by atoms with E-state index >= 15 is 0 Å². The Balaban J connectivity index is 2.09. The second-order valence-corrected chi connectivity index (χ2v) is 8.70. The van der Waals surface area contributed by atoms with Gasteiger partial charge in [0.15, 0.2) is 5.75 Å². The fourth-order valence-corrected chi connectivity index (χ4v) is 4.61. The Morgan fingerprint density at radius 3 is 2.29 bits per heavy atom. The third-order valence-corrected chi connectivity index (χ3v) is 6.04. The number of rotatable bonds is 4. The molecule has 13 heteroatoms. The van der Waals surface area contributed by atoms with E-state index < -0.39 is 44.0 Å². The summed E-state index contributed by atoms with van der Waals surface area (Å²) in [4.78, 5) is 12.6. The molecule has 0 fully saturated rings. The van der Waals surface area contributed by atoms with E-state index in [1.54, 1.807) is 4.72 Å². The van der Waals surface area contributed by atoms with Crippen LogP contribution in [0.5, 0.6) is 0 Å². The van der Waals surface area contributed by atoms with Crippen molar-refractivity contribution in [2.24, 2.45) is 0 Å². The molecule has 1 aromatic heterocycles. The number of nitrogens with one attached hydrogen (secondary N) is 1. The molecule has 0 spiro atoms. The fraction of sp³-hybridized carbons (Fsp3) is 0.400. The number of sulfonamides is 1. The van der Waals surface area contributed by atoms with Crippen LogP contribution in [0.25, 0.3) is 11.1 Å². The Bertz CT molecular complexity index is 1090. The second-order valence-electron chi connectivity index (χ2n) is 6.21. The van der Waals surface area contributed by atoms with E-state index in [1.807, 2.05) is 0 Å². The van der Waals surface area contributed by atoms with E-state index in [1.165, 1.54) is 9.36 Å². The summed E-state index contributed by atoms with van der Waals surface area (Å²) in [6.45, 7) is 0.813. The number of anilines is 1. The largest absolute Gasteiger partial charge is 0.404 e. The van der Waals surface area contributed by atoms with E-state index in [2.05, 4.69) is 0 Å². The molecule has 0 radical (unpaired) electrons. The minimum absolute atomic E-state index is 0.0463. The molecule has 3 rings (SSSR count). The third-order valence-electron chi connectivity index (χ3n) is 4.11. The lowest BCUT2D eigenvalue weighted by Gasteiger charge is -2.17. The van der Waals surface area contributed by atoms with Crippen LogP contribution in [0.15, 0.2) is 16.9 Å². The highest BCUT2D eigenvalue weighted by Gasteiger charge is 2.35. The van der Waals surface area contributed by atoms with Gasteiger partial charge in [0.2, 0.25) is 10.0 Å². The molecule has 0 atom stereocenters. The van der Waals surface area contributed by atoms with Gasteiger partial charge in [-0.1, -0.05) is 23.2 Å². The van der Waals surface area contributed by atoms with E-state index in [0.717, 1.165) is 18.9 Å². The van der Waals surface area contributed by atoms with Crippen molar-refractivity contribution in [3.05, 3.63) is 38.5 Å². The summed E-state index contributed by atoms with van der Waals surface area (Å²) in [5, 5.41) is -0.512. The van der Waals surface area contributed by atoms with E-state index in [-0.39, 0.29) is 16.3 Å². The topological polar surface area (TPSA) is 73.1 Å². The lowest BCUT2D eigenvalue weighted by molar-refractivity contribution is -0.106. The molecule has 1 aliphatic heterocycles. The first-order valence-electron chi connectivity index (χ1n) is 7.95. The van der Waals surface area contributed by atoms with Crippen molar-refractivity contribution in [1.82, 2.24) is 9.36 Å². The Kier molecular flexibility index (Phi) is 5.45. The van der Waals surface area contributed by atoms with Crippen LogP contribution in [-0.4, -0.2) is 29.7 Å². The Labute approximate surface area is 166 Å². The van der Waals surface area contributed by atoms with Crippen molar-refractivity contribution in [1.29, 1.82) is 0 Å². The van der Waals surface area contributed by atoms with Crippen molar-refractivity contribution in [2.75, 3.05) is 10.5 Å². The van der Waals surface area contributed by atoms with Crippen LogP contribution in [0.2, 0.25) is 10.2 Å². The number of nitrogens with zero attached hydrogens (tertiary/aromatic N) is 2. The fourth-order valence-electron chi connectivity index (χ4n) is 2.99. The average molecular weight is 462 g/mol. The normalized spacial score (nSPS) is 14.8. The first-order chi connectivity index (χ1) is 12.9. The highest BCUT2D eigenvalue weighted by atomic mass is 35.5. The number of halogens is 6. The van der Waals surface area contributed by atoms with Crippen molar-refractivity contribution < 1.29 is 26.0 Å². The van der Waals surface area contributed by atoms with Crippen LogP contribution in [0, 0.1) is 5.82 Å². The van der Waals surface area contributed by atoms with Crippen LogP contribution >= 0.6 is 23.2 Å². The van der Waals surface area contributed by atoms with Gasteiger partial charge in [0, 0.05) is 18.7 Å². The van der Waals surface area contributed by atoms with Crippen LogP contribution in [0.3, 0.4) is 0 Å². The lowest BCUT2D eigenvalue weighted by atomic mass is 10.1. The Hall–Kier alpha value is -1.72. The van der Waals surface area contributed by atoms with Crippen molar-refractivity contribution in [2.45, 2.75) is 32.1 Å². The molecule has 28 heavy (non-hydrogen) atoms. The SMILES string of the molecule is O=c1c(-c2cc(NS(=O)(=O)CC(F)(F)F)c(Cl)cc2F)c(Cl)n2n1CCCC2. The van der Waals surface area contributed by atoms with Gasteiger partial charge in [0.1, 0.15) is 11.0 Å². The molecule has 1 aromatic carbocycles. The molecule has 154 valence electrons. The van der Waals surface area contributed by atoms with Crippen LogP contribution < -0.4 is 10.3 Å². The number of hydrogen-bond donors (Lipinski definition) is 1. The summed E-state index contributed by atoms with van der Waals surface area (Å²) < 4.78 is 79.7. The average Bonchev–Trinajstić information content (AvgIpc) is 2.80. The summed E-state index contributed by atoms with van der Waals surface area (Å²) in [5.41, 5.74) is -1.66. The lowest BCUT2D eigenvalue weighted by Crippen LogP contribution is -2.28. The standard InChI is InChI=1S/C15H13Cl2F4N3O3S/c16-9-6-10(18)8(5-11(9)22-28(26,27)7-15(19,20)21)12-13(17)23-3-1-2-4-24(23)14(12)25/h5-6,22H,1-4,7H2. The summed E-state index contributed by atoms with van der Waals surface area (Å²) >= 11 is 12.0. The zero-order chi connectivity index (χ0) is 20.9. The predicted octanol–water partition coefficient (Wildman–Crippen LogP) is 3.86. The van der Waals surface area contributed by atoms with Gasteiger partial charge < -0.3 is 0 Å². The van der Waals surface area contributed by atoms with E-state index in [4.69, 9.17) is 23.2 Å². The molecule has 6 nitrogen and oxygen atoms in total. The van der Waals surface area contributed by atoms with Crippen LogP contribution in [0.1, 0.15) is 12.8 Å². The zero-order valence-electron chi connectivity index (χ0n) is 14.0. The maximum Gasteiger partial charge on any atom is 0.404 e. The van der Waals surface area contributed by atoms with Gasteiger partial charge in [0.05, 0.1) is 16.3 Å². The van der Waals surface area contributed by atoms with E-state index in [9.17, 15) is 30.8 Å². The Morgan fingerprint density at radius 2 is 1.71 bits per heavy atom. The number of alkyl halides is 3. The first kappa shape index (κ1) is 21.0. The molecule has 0 amide bonds. The van der Waals surface area contributed by atoms with Gasteiger partial charge in [-0.15, -0.1) is 0 Å². The molecule has 0 unspecified atom stereocenters. The van der Waals surface area contributed by atoms with Gasteiger partial charge in [-0.2, -0.15) is 13.2 Å². The van der Waals surface area contributed by atoms with Gasteiger partial charge in [-0.25, -0.2) is 17.5 Å². The molecule has 1 N–H and O–H groups in total. The van der Waals surface area contributed by atoms with Gasteiger partial charge in [-0.3, -0.25) is 14.2 Å². The van der Waals surface area contributed by atoms with Gasteiger partial charge in [0.25, 0.3) is 5.56 Å². The molecule has 2 aromatic rings. The van der Waals surface area contributed by atoms with Gasteiger partial charge in [-0.05, 0) is 25.0 Å². The molecule has 2 heterocycles. The van der Waals surface area contributed by atoms with Crippen molar-refractivity contribution >= 4 is 38.9 Å². The zero-order valence-corrected chi connectivity index (χ0v) is 16.3. The molecular formula is C15H13Cl2F4N3O3S. The Morgan fingerprint density at radius 1 is 1.11 bits per heavy atom. The highest BCUT2D eigenvalue weighted by Crippen LogP contribution is 2.35. The van der Waals surface area contributed by atoms with Crippen LogP contribution in [-0.2, 0) is 23.1 Å². The number of benzene rings is 1. The summed E-state index contributed by atoms with van der Waals surface area (Å²) in [7, 11) is -4.85. The van der Waals surface area contributed by atoms with E-state index in [0.29, 0.717) is 19.2 Å². The van der Waals surface area contributed by atoms with Gasteiger partial charge >= 0.3 is 6.18 Å². The smallest absolute Gasteiger partial charge is 0.282 e. The first-order valence-corrected chi connectivity index (χ1v) is 10.4.